The van der Waals surface area contributed by atoms with Gasteiger partial charge in [0.15, 0.2) is 5.85 Å². The molecule has 1 radical (unpaired) electrons. The minimum Gasteiger partial charge on any atom is -0.394 e. The Morgan fingerprint density at radius 2 is 2.08 bits per heavy atom. The SMILES string of the molecule is O=P(O)(O)C1[CH][C@H](O)[C@@H](CO)O1. The topological polar surface area (TPSA) is 107 Å². The van der Waals surface area contributed by atoms with E-state index in [4.69, 9.17) is 20.0 Å². The van der Waals surface area contributed by atoms with Gasteiger partial charge in [0.05, 0.1) is 12.7 Å². The van der Waals surface area contributed by atoms with Crippen LogP contribution in [0.5, 0.6) is 0 Å². The number of aliphatic hydroxyl groups is 2. The molecular formula is C5H10O6P. The highest BCUT2D eigenvalue weighted by Crippen LogP contribution is 2.47. The zero-order valence-corrected chi connectivity index (χ0v) is 6.96. The van der Waals surface area contributed by atoms with Crippen molar-refractivity contribution >= 4 is 7.60 Å². The van der Waals surface area contributed by atoms with E-state index < -0.39 is 32.3 Å². The third-order valence-corrected chi connectivity index (χ3v) is 2.53. The number of ether oxygens (including phenoxy) is 1. The molecule has 1 fully saturated rings. The van der Waals surface area contributed by atoms with Crippen molar-refractivity contribution in [3.05, 3.63) is 6.42 Å². The Bertz CT molecular complexity index is 200. The maximum absolute atomic E-state index is 10.6. The van der Waals surface area contributed by atoms with Crippen LogP contribution in [0, 0.1) is 6.42 Å². The van der Waals surface area contributed by atoms with Gasteiger partial charge in [0.1, 0.15) is 6.10 Å². The van der Waals surface area contributed by atoms with Gasteiger partial charge in [0.2, 0.25) is 0 Å². The van der Waals surface area contributed by atoms with Crippen LogP contribution in [0.25, 0.3) is 0 Å². The van der Waals surface area contributed by atoms with Crippen LogP contribution in [-0.2, 0) is 9.30 Å². The molecule has 0 amide bonds. The molecule has 1 rings (SSSR count). The molecule has 6 nitrogen and oxygen atoms in total. The predicted molar refractivity (Wildman–Crippen MR) is 38.1 cm³/mol. The Hall–Kier alpha value is 0.0300. The van der Waals surface area contributed by atoms with Gasteiger partial charge in [-0.2, -0.15) is 0 Å². The first-order valence-electron chi connectivity index (χ1n) is 3.29. The van der Waals surface area contributed by atoms with Crippen LogP contribution < -0.4 is 0 Å². The van der Waals surface area contributed by atoms with Crippen LogP contribution >= 0.6 is 7.60 Å². The summed E-state index contributed by atoms with van der Waals surface area (Å²) < 4.78 is 15.3. The lowest BCUT2D eigenvalue weighted by Gasteiger charge is -2.12. The Morgan fingerprint density at radius 3 is 2.33 bits per heavy atom. The summed E-state index contributed by atoms with van der Waals surface area (Å²) in [7, 11) is -4.35. The van der Waals surface area contributed by atoms with E-state index in [1.165, 1.54) is 0 Å². The van der Waals surface area contributed by atoms with Gasteiger partial charge in [-0.1, -0.05) is 0 Å². The lowest BCUT2D eigenvalue weighted by Crippen LogP contribution is -2.24. The Kier molecular flexibility index (Phi) is 2.88. The van der Waals surface area contributed by atoms with Crippen molar-refractivity contribution in [1.82, 2.24) is 0 Å². The van der Waals surface area contributed by atoms with E-state index in [1.54, 1.807) is 0 Å². The predicted octanol–water partition coefficient (Wildman–Crippen LogP) is -1.55. The Morgan fingerprint density at radius 1 is 1.50 bits per heavy atom. The average Bonchev–Trinajstić information content (AvgIpc) is 2.29. The average molecular weight is 197 g/mol. The van der Waals surface area contributed by atoms with Crippen molar-refractivity contribution in [3.8, 4) is 0 Å². The Balaban J connectivity index is 2.60. The highest BCUT2D eigenvalue weighted by atomic mass is 31.2. The number of rotatable bonds is 2. The quantitative estimate of drug-likeness (QED) is 0.399. The zero-order valence-electron chi connectivity index (χ0n) is 6.07. The summed E-state index contributed by atoms with van der Waals surface area (Å²) in [4.78, 5) is 17.2. The van der Waals surface area contributed by atoms with Gasteiger partial charge in [-0.25, -0.2) is 0 Å². The first kappa shape index (κ1) is 10.1. The fourth-order valence-electron chi connectivity index (χ4n) is 0.940. The summed E-state index contributed by atoms with van der Waals surface area (Å²) in [6.45, 7) is -0.464. The fraction of sp³-hybridized carbons (Fsp3) is 0.800. The smallest absolute Gasteiger partial charge is 0.354 e. The van der Waals surface area contributed by atoms with Crippen LogP contribution in [-0.4, -0.2) is 44.7 Å². The van der Waals surface area contributed by atoms with E-state index in [0.29, 0.717) is 0 Å². The van der Waals surface area contributed by atoms with E-state index in [1.807, 2.05) is 0 Å². The van der Waals surface area contributed by atoms with Gasteiger partial charge in [0, 0.05) is 6.42 Å². The lowest BCUT2D eigenvalue weighted by atomic mass is 10.2. The molecule has 1 unspecified atom stereocenters. The second-order valence-corrected chi connectivity index (χ2v) is 4.21. The summed E-state index contributed by atoms with van der Waals surface area (Å²) in [6, 6.07) is 0. The van der Waals surface area contributed by atoms with Gasteiger partial charge < -0.3 is 24.7 Å². The molecule has 7 heteroatoms. The molecule has 4 N–H and O–H groups in total. The number of aliphatic hydroxyl groups excluding tert-OH is 2. The number of hydrogen-bond acceptors (Lipinski definition) is 4. The molecule has 0 saturated carbocycles. The zero-order chi connectivity index (χ0) is 9.35. The molecule has 3 atom stereocenters. The second-order valence-electron chi connectivity index (χ2n) is 2.52. The minimum absolute atomic E-state index is 0.464. The molecule has 0 spiro atoms. The molecular weight excluding hydrogens is 187 g/mol. The standard InChI is InChI=1S/C5H10O6P/c6-2-4-3(7)1-5(11-4)12(8,9)10/h1,3-7H,2H2,(H2,8,9,10)/t3-,4+,5?/m0/s1. The normalized spacial score (nSPS) is 37.2. The highest BCUT2D eigenvalue weighted by Gasteiger charge is 2.43. The van der Waals surface area contributed by atoms with Gasteiger partial charge in [0.25, 0.3) is 0 Å². The molecule has 0 aromatic carbocycles. The molecule has 1 aliphatic heterocycles. The molecule has 1 aliphatic rings. The third-order valence-electron chi connectivity index (χ3n) is 1.57. The fourth-order valence-corrected chi connectivity index (χ4v) is 1.66. The van der Waals surface area contributed by atoms with Crippen molar-refractivity contribution in [2.75, 3.05) is 6.61 Å². The maximum atomic E-state index is 10.6. The summed E-state index contributed by atoms with van der Waals surface area (Å²) >= 11 is 0. The van der Waals surface area contributed by atoms with Gasteiger partial charge >= 0.3 is 7.60 Å². The van der Waals surface area contributed by atoms with E-state index >= 15 is 0 Å². The minimum atomic E-state index is -4.35. The molecule has 1 heterocycles. The van der Waals surface area contributed by atoms with Crippen LogP contribution in [0.15, 0.2) is 0 Å². The Labute approximate surface area is 68.9 Å². The maximum Gasteiger partial charge on any atom is 0.354 e. The van der Waals surface area contributed by atoms with Gasteiger partial charge in [-0.05, 0) is 0 Å². The lowest BCUT2D eigenvalue weighted by molar-refractivity contribution is -0.00834. The first-order valence-corrected chi connectivity index (χ1v) is 4.98. The molecule has 0 aromatic rings. The number of hydrogen-bond donors (Lipinski definition) is 4. The van der Waals surface area contributed by atoms with Crippen molar-refractivity contribution in [2.24, 2.45) is 0 Å². The van der Waals surface area contributed by atoms with Crippen molar-refractivity contribution in [1.29, 1.82) is 0 Å². The summed E-state index contributed by atoms with van der Waals surface area (Å²) in [6.07, 6.45) is -1.06. The molecule has 0 aliphatic carbocycles. The summed E-state index contributed by atoms with van der Waals surface area (Å²) in [5.41, 5.74) is 0. The van der Waals surface area contributed by atoms with Gasteiger partial charge in [-0.15, -0.1) is 0 Å². The largest absolute Gasteiger partial charge is 0.394 e. The van der Waals surface area contributed by atoms with E-state index in [-0.39, 0.29) is 0 Å². The van der Waals surface area contributed by atoms with Gasteiger partial charge in [-0.3, -0.25) is 4.57 Å². The molecule has 0 bridgehead atoms. The van der Waals surface area contributed by atoms with E-state index in [0.717, 1.165) is 6.42 Å². The molecule has 1 saturated heterocycles. The first-order chi connectivity index (χ1) is 5.45. The van der Waals surface area contributed by atoms with Crippen molar-refractivity contribution in [2.45, 2.75) is 18.1 Å². The highest BCUT2D eigenvalue weighted by molar-refractivity contribution is 7.52. The summed E-state index contributed by atoms with van der Waals surface area (Å²) in [5, 5.41) is 17.6. The second kappa shape index (κ2) is 3.41. The summed E-state index contributed by atoms with van der Waals surface area (Å²) in [5.74, 6) is -1.40. The van der Waals surface area contributed by atoms with Crippen LogP contribution in [0.4, 0.5) is 0 Å². The van der Waals surface area contributed by atoms with Crippen molar-refractivity contribution in [3.63, 3.8) is 0 Å². The van der Waals surface area contributed by atoms with Crippen LogP contribution in [0.3, 0.4) is 0 Å². The molecule has 0 aromatic heterocycles. The van der Waals surface area contributed by atoms with Crippen LogP contribution in [0.1, 0.15) is 0 Å². The third kappa shape index (κ3) is 2.04. The van der Waals surface area contributed by atoms with E-state index in [9.17, 15) is 4.57 Å². The molecule has 71 valence electrons. The van der Waals surface area contributed by atoms with Crippen molar-refractivity contribution < 1.29 is 29.3 Å². The van der Waals surface area contributed by atoms with E-state index in [2.05, 4.69) is 4.74 Å². The monoisotopic (exact) mass is 197 g/mol. The molecule has 12 heavy (non-hydrogen) atoms. The van der Waals surface area contributed by atoms with Crippen LogP contribution in [0.2, 0.25) is 0 Å².